The third kappa shape index (κ3) is 2.86. The Labute approximate surface area is 99.5 Å². The van der Waals surface area contributed by atoms with Crippen LogP contribution >= 0.6 is 11.6 Å². The van der Waals surface area contributed by atoms with Crippen molar-refractivity contribution < 1.29 is 9.13 Å². The molecular formula is C12H15ClFNO. The third-order valence-electron chi connectivity index (χ3n) is 2.69. The molecule has 1 aromatic carbocycles. The second kappa shape index (κ2) is 5.02. The van der Waals surface area contributed by atoms with Crippen molar-refractivity contribution in [2.45, 2.75) is 19.3 Å². The number of rotatable bonds is 5. The zero-order chi connectivity index (χ0) is 11.5. The molecular weight excluding hydrogens is 229 g/mol. The number of hydrogen-bond acceptors (Lipinski definition) is 2. The summed E-state index contributed by atoms with van der Waals surface area (Å²) < 4.78 is 19.0. The van der Waals surface area contributed by atoms with Gasteiger partial charge in [-0.1, -0.05) is 11.6 Å². The number of hydrogen-bond donors (Lipinski definition) is 1. The van der Waals surface area contributed by atoms with Gasteiger partial charge in [0, 0.05) is 6.07 Å². The first-order valence-electron chi connectivity index (χ1n) is 5.51. The van der Waals surface area contributed by atoms with Gasteiger partial charge in [-0.25, -0.2) is 4.39 Å². The molecule has 0 unspecified atom stereocenters. The van der Waals surface area contributed by atoms with Crippen molar-refractivity contribution in [3.05, 3.63) is 28.5 Å². The molecule has 0 heterocycles. The van der Waals surface area contributed by atoms with E-state index in [0.717, 1.165) is 0 Å². The topological polar surface area (TPSA) is 35.2 Å². The molecule has 0 atom stereocenters. The molecule has 1 fully saturated rings. The molecule has 0 amide bonds. The molecule has 2 nitrogen and oxygen atoms in total. The summed E-state index contributed by atoms with van der Waals surface area (Å²) in [5, 5.41) is 0.463. The first-order valence-corrected chi connectivity index (χ1v) is 5.89. The lowest BCUT2D eigenvalue weighted by molar-refractivity contribution is 0.298. The third-order valence-corrected chi connectivity index (χ3v) is 2.98. The van der Waals surface area contributed by atoms with Crippen molar-refractivity contribution in [1.82, 2.24) is 0 Å². The lowest BCUT2D eigenvalue weighted by atomic mass is 10.1. The van der Waals surface area contributed by atoms with Gasteiger partial charge in [0.2, 0.25) is 0 Å². The van der Waals surface area contributed by atoms with Crippen LogP contribution in [-0.4, -0.2) is 13.2 Å². The molecule has 0 radical (unpaired) electrons. The van der Waals surface area contributed by atoms with Gasteiger partial charge in [0.15, 0.2) is 0 Å². The van der Waals surface area contributed by atoms with Crippen LogP contribution in [0.5, 0.6) is 5.75 Å². The zero-order valence-corrected chi connectivity index (χ0v) is 9.77. The Morgan fingerprint density at radius 2 is 2.19 bits per heavy atom. The molecule has 4 heteroatoms. The Bertz CT molecular complexity index is 380. The molecule has 16 heavy (non-hydrogen) atoms. The number of nitrogens with two attached hydrogens (primary N) is 1. The summed E-state index contributed by atoms with van der Waals surface area (Å²) in [4.78, 5) is 0. The van der Waals surface area contributed by atoms with Crippen LogP contribution in [0.3, 0.4) is 0 Å². The van der Waals surface area contributed by atoms with Crippen LogP contribution in [-0.2, 0) is 6.42 Å². The van der Waals surface area contributed by atoms with Crippen molar-refractivity contribution in [1.29, 1.82) is 0 Å². The Morgan fingerprint density at radius 3 is 2.81 bits per heavy atom. The fourth-order valence-electron chi connectivity index (χ4n) is 1.52. The normalized spacial score (nSPS) is 15.2. The highest BCUT2D eigenvalue weighted by Gasteiger charge is 2.22. The fourth-order valence-corrected chi connectivity index (χ4v) is 1.76. The molecule has 88 valence electrons. The quantitative estimate of drug-likeness (QED) is 0.863. The predicted octanol–water partition coefficient (Wildman–Crippen LogP) is 2.77. The number of halogens is 2. The van der Waals surface area contributed by atoms with E-state index >= 15 is 0 Å². The van der Waals surface area contributed by atoms with Gasteiger partial charge in [-0.05, 0) is 43.4 Å². The minimum Gasteiger partial charge on any atom is -0.492 e. The van der Waals surface area contributed by atoms with E-state index in [-0.39, 0.29) is 5.82 Å². The van der Waals surface area contributed by atoms with Gasteiger partial charge >= 0.3 is 0 Å². The molecule has 2 rings (SSSR count). The van der Waals surface area contributed by atoms with Crippen molar-refractivity contribution in [2.75, 3.05) is 13.2 Å². The maximum absolute atomic E-state index is 13.6. The minimum absolute atomic E-state index is 0.291. The van der Waals surface area contributed by atoms with Crippen molar-refractivity contribution in [3.63, 3.8) is 0 Å². The van der Waals surface area contributed by atoms with Crippen molar-refractivity contribution in [2.24, 2.45) is 11.7 Å². The summed E-state index contributed by atoms with van der Waals surface area (Å²) >= 11 is 6.01. The van der Waals surface area contributed by atoms with E-state index in [9.17, 15) is 4.39 Å². The van der Waals surface area contributed by atoms with Crippen LogP contribution in [0.25, 0.3) is 0 Å². The Morgan fingerprint density at radius 1 is 1.44 bits per heavy atom. The molecule has 0 saturated heterocycles. The lowest BCUT2D eigenvalue weighted by Gasteiger charge is -2.09. The van der Waals surface area contributed by atoms with E-state index in [1.807, 2.05) is 0 Å². The maximum atomic E-state index is 13.6. The number of benzene rings is 1. The predicted molar refractivity (Wildman–Crippen MR) is 62.4 cm³/mol. The van der Waals surface area contributed by atoms with Gasteiger partial charge in [0.25, 0.3) is 0 Å². The van der Waals surface area contributed by atoms with E-state index in [1.165, 1.54) is 18.9 Å². The largest absolute Gasteiger partial charge is 0.492 e. The van der Waals surface area contributed by atoms with E-state index in [2.05, 4.69) is 0 Å². The summed E-state index contributed by atoms with van der Waals surface area (Å²) in [5.41, 5.74) is 5.93. The van der Waals surface area contributed by atoms with Crippen LogP contribution in [0.4, 0.5) is 4.39 Å². The molecule has 0 aliphatic heterocycles. The summed E-state index contributed by atoms with van der Waals surface area (Å²) in [6.45, 7) is 1.05. The average molecular weight is 244 g/mol. The molecule has 0 bridgehead atoms. The van der Waals surface area contributed by atoms with Crippen LogP contribution in [0.1, 0.15) is 18.4 Å². The standard InChI is InChI=1S/C12H15ClFNO/c13-10-5-9(3-4-15)11(14)6-12(10)16-7-8-1-2-8/h5-6,8H,1-4,7,15H2. The summed E-state index contributed by atoms with van der Waals surface area (Å²) in [6.07, 6.45) is 2.89. The Hall–Kier alpha value is -0.800. The van der Waals surface area contributed by atoms with E-state index in [4.69, 9.17) is 22.1 Å². The average Bonchev–Trinajstić information content (AvgIpc) is 3.05. The van der Waals surface area contributed by atoms with E-state index in [0.29, 0.717) is 41.8 Å². The van der Waals surface area contributed by atoms with Gasteiger partial charge < -0.3 is 10.5 Å². The molecule has 2 N–H and O–H groups in total. The van der Waals surface area contributed by atoms with Gasteiger partial charge in [-0.15, -0.1) is 0 Å². The van der Waals surface area contributed by atoms with Crippen molar-refractivity contribution >= 4 is 11.6 Å². The summed E-state index contributed by atoms with van der Waals surface area (Å²) in [7, 11) is 0. The molecule has 1 aromatic rings. The molecule has 1 saturated carbocycles. The Balaban J connectivity index is 2.08. The van der Waals surface area contributed by atoms with Gasteiger partial charge in [0.1, 0.15) is 11.6 Å². The van der Waals surface area contributed by atoms with Gasteiger partial charge in [0.05, 0.1) is 11.6 Å². The van der Waals surface area contributed by atoms with Crippen LogP contribution in [0.2, 0.25) is 5.02 Å². The molecule has 0 aromatic heterocycles. The first-order chi connectivity index (χ1) is 7.70. The molecule has 1 aliphatic carbocycles. The van der Waals surface area contributed by atoms with Crippen LogP contribution in [0.15, 0.2) is 12.1 Å². The monoisotopic (exact) mass is 243 g/mol. The van der Waals surface area contributed by atoms with Crippen molar-refractivity contribution in [3.8, 4) is 5.75 Å². The van der Waals surface area contributed by atoms with Gasteiger partial charge in [-0.3, -0.25) is 0 Å². The first kappa shape index (κ1) is 11.7. The lowest BCUT2D eigenvalue weighted by Crippen LogP contribution is -2.06. The zero-order valence-electron chi connectivity index (χ0n) is 9.01. The van der Waals surface area contributed by atoms with Gasteiger partial charge in [-0.2, -0.15) is 0 Å². The highest BCUT2D eigenvalue weighted by molar-refractivity contribution is 6.32. The van der Waals surface area contributed by atoms with E-state index < -0.39 is 0 Å². The smallest absolute Gasteiger partial charge is 0.140 e. The van der Waals surface area contributed by atoms with Crippen LogP contribution < -0.4 is 10.5 Å². The SMILES string of the molecule is NCCc1cc(Cl)c(OCC2CC2)cc1F. The maximum Gasteiger partial charge on any atom is 0.140 e. The molecule has 1 aliphatic rings. The Kier molecular flexibility index (Phi) is 3.66. The number of ether oxygens (including phenoxy) is 1. The fraction of sp³-hybridized carbons (Fsp3) is 0.500. The minimum atomic E-state index is -0.291. The summed E-state index contributed by atoms with van der Waals surface area (Å²) in [6, 6.07) is 2.96. The second-order valence-corrected chi connectivity index (χ2v) is 4.57. The molecule has 0 spiro atoms. The second-order valence-electron chi connectivity index (χ2n) is 4.17. The van der Waals surface area contributed by atoms with Crippen LogP contribution in [0, 0.1) is 11.7 Å². The highest BCUT2D eigenvalue weighted by atomic mass is 35.5. The summed E-state index contributed by atoms with van der Waals surface area (Å²) in [5.74, 6) is 0.773. The highest BCUT2D eigenvalue weighted by Crippen LogP contribution is 2.32. The van der Waals surface area contributed by atoms with E-state index in [1.54, 1.807) is 6.07 Å².